The Balaban J connectivity index is 1.58. The van der Waals surface area contributed by atoms with Gasteiger partial charge in [-0.1, -0.05) is 52.3 Å². The van der Waals surface area contributed by atoms with E-state index in [-0.39, 0.29) is 0 Å². The molecule has 0 saturated heterocycles. The summed E-state index contributed by atoms with van der Waals surface area (Å²) in [5, 5.41) is 11.9. The Bertz CT molecular complexity index is 1250. The summed E-state index contributed by atoms with van der Waals surface area (Å²) in [4.78, 5) is 13.4. The van der Waals surface area contributed by atoms with Gasteiger partial charge in [0.25, 0.3) is 5.95 Å². The van der Waals surface area contributed by atoms with E-state index in [2.05, 4.69) is 51.8 Å². The maximum absolute atomic E-state index is 4.53. The first-order valence-corrected chi connectivity index (χ1v) is 10.7. The summed E-state index contributed by atoms with van der Waals surface area (Å²) < 4.78 is 2.66. The van der Waals surface area contributed by atoms with Gasteiger partial charge in [-0.2, -0.15) is 25.2 Å². The van der Waals surface area contributed by atoms with Gasteiger partial charge >= 0.3 is 0 Å². The number of hydrazone groups is 1. The molecule has 9 heteroatoms. The first kappa shape index (κ1) is 21.4. The quantitative estimate of drug-likeness (QED) is 0.271. The molecule has 2 aromatic heterocycles. The Morgan fingerprint density at radius 2 is 1.69 bits per heavy atom. The molecule has 0 aliphatic rings. The minimum Gasteiger partial charge on any atom is -0.324 e. The molecule has 0 aliphatic heterocycles. The van der Waals surface area contributed by atoms with Crippen LogP contribution in [0.4, 0.5) is 17.6 Å². The van der Waals surface area contributed by atoms with Crippen molar-refractivity contribution >= 4 is 45.8 Å². The molecule has 0 radical (unpaired) electrons. The lowest BCUT2D eigenvalue weighted by molar-refractivity contribution is 0.767. The lowest BCUT2D eigenvalue weighted by atomic mass is 10.2. The van der Waals surface area contributed by atoms with Gasteiger partial charge in [0, 0.05) is 22.1 Å². The maximum atomic E-state index is 4.53. The van der Waals surface area contributed by atoms with Crippen LogP contribution in [0, 0.1) is 13.8 Å². The average molecular weight is 489 g/mol. The average Bonchev–Trinajstić information content (AvgIpc) is 3.14. The number of hydrogen-bond acceptors (Lipinski definition) is 7. The van der Waals surface area contributed by atoms with E-state index in [9.17, 15) is 0 Å². The smallest absolute Gasteiger partial charge is 0.257 e. The lowest BCUT2D eigenvalue weighted by Gasteiger charge is -2.09. The molecule has 0 atom stereocenters. The predicted molar refractivity (Wildman–Crippen MR) is 131 cm³/mol. The summed E-state index contributed by atoms with van der Waals surface area (Å²) in [6.07, 6.45) is 5.44. The Morgan fingerprint density at radius 1 is 0.938 bits per heavy atom. The van der Waals surface area contributed by atoms with Gasteiger partial charge in [0.15, 0.2) is 0 Å². The minimum atomic E-state index is 0.298. The van der Waals surface area contributed by atoms with E-state index >= 15 is 0 Å². The normalized spacial score (nSPS) is 11.3. The van der Waals surface area contributed by atoms with Crippen molar-refractivity contribution in [1.29, 1.82) is 0 Å². The zero-order valence-corrected chi connectivity index (χ0v) is 19.2. The molecule has 0 spiro atoms. The van der Waals surface area contributed by atoms with Crippen molar-refractivity contribution in [2.45, 2.75) is 13.8 Å². The molecule has 0 aliphatic carbocycles. The van der Waals surface area contributed by atoms with Crippen molar-refractivity contribution < 1.29 is 0 Å². The van der Waals surface area contributed by atoms with E-state index in [1.807, 2.05) is 86.7 Å². The molecule has 0 fully saturated rings. The standard InChI is InChI=1S/C23H21BrN8/c1-16-15-17(2)32(31-16)23-28-21(26-20-12-10-19(24)11-13-20)27-22(29-23)30-25-14-6-9-18-7-4-3-5-8-18/h3-15H,1-2H3,(H2,26,27,28,29,30)/b9-6+,25-14+. The van der Waals surface area contributed by atoms with Crippen LogP contribution in [0.3, 0.4) is 0 Å². The summed E-state index contributed by atoms with van der Waals surface area (Å²) in [6, 6.07) is 19.7. The molecule has 0 bridgehead atoms. The van der Waals surface area contributed by atoms with Gasteiger partial charge in [0.2, 0.25) is 11.9 Å². The van der Waals surface area contributed by atoms with Crippen molar-refractivity contribution in [2.24, 2.45) is 5.10 Å². The first-order chi connectivity index (χ1) is 15.6. The van der Waals surface area contributed by atoms with Crippen LogP contribution in [0.25, 0.3) is 12.0 Å². The van der Waals surface area contributed by atoms with Crippen molar-refractivity contribution in [2.75, 3.05) is 10.7 Å². The Hall–Kier alpha value is -3.85. The molecule has 0 amide bonds. The number of aryl methyl sites for hydroxylation is 2. The number of rotatable bonds is 7. The van der Waals surface area contributed by atoms with E-state index < -0.39 is 0 Å². The van der Waals surface area contributed by atoms with Gasteiger partial charge in [0.05, 0.1) is 5.69 Å². The van der Waals surface area contributed by atoms with Crippen LogP contribution < -0.4 is 10.7 Å². The number of aromatic nitrogens is 5. The monoisotopic (exact) mass is 488 g/mol. The molecule has 2 aromatic carbocycles. The molecule has 4 rings (SSSR count). The molecule has 0 saturated carbocycles. The fourth-order valence-electron chi connectivity index (χ4n) is 2.92. The largest absolute Gasteiger partial charge is 0.324 e. The van der Waals surface area contributed by atoms with Crippen LogP contribution in [0.2, 0.25) is 0 Å². The SMILES string of the molecule is Cc1cc(C)n(-c2nc(N/N=C/C=C/c3ccccc3)nc(Nc3ccc(Br)cc3)n2)n1. The van der Waals surface area contributed by atoms with Crippen LogP contribution in [-0.4, -0.2) is 30.9 Å². The number of hydrogen-bond donors (Lipinski definition) is 2. The molecule has 0 unspecified atom stereocenters. The number of benzene rings is 2. The van der Waals surface area contributed by atoms with Crippen molar-refractivity contribution in [3.63, 3.8) is 0 Å². The van der Waals surface area contributed by atoms with E-state index in [1.165, 1.54) is 0 Å². The van der Waals surface area contributed by atoms with E-state index in [1.54, 1.807) is 10.9 Å². The van der Waals surface area contributed by atoms with Gasteiger partial charge in [-0.3, -0.25) is 0 Å². The highest BCUT2D eigenvalue weighted by Gasteiger charge is 2.12. The molecule has 160 valence electrons. The third kappa shape index (κ3) is 5.64. The van der Waals surface area contributed by atoms with Crippen molar-refractivity contribution in [3.8, 4) is 5.95 Å². The summed E-state index contributed by atoms with van der Waals surface area (Å²) in [7, 11) is 0. The van der Waals surface area contributed by atoms with Crippen LogP contribution in [-0.2, 0) is 0 Å². The number of allylic oxidation sites excluding steroid dienone is 1. The first-order valence-electron chi connectivity index (χ1n) is 9.90. The fourth-order valence-corrected chi connectivity index (χ4v) is 3.18. The molecular formula is C23H21BrN8. The Labute approximate surface area is 194 Å². The van der Waals surface area contributed by atoms with Gasteiger partial charge in [-0.15, -0.1) is 0 Å². The summed E-state index contributed by atoms with van der Waals surface area (Å²) in [5.41, 5.74) is 6.60. The Kier molecular flexibility index (Phi) is 6.66. The highest BCUT2D eigenvalue weighted by Crippen LogP contribution is 2.19. The molecule has 4 aromatic rings. The zero-order valence-electron chi connectivity index (χ0n) is 17.6. The molecule has 2 N–H and O–H groups in total. The highest BCUT2D eigenvalue weighted by atomic mass is 79.9. The number of nitrogens with zero attached hydrogens (tertiary/aromatic N) is 6. The summed E-state index contributed by atoms with van der Waals surface area (Å²) in [6.45, 7) is 3.87. The summed E-state index contributed by atoms with van der Waals surface area (Å²) >= 11 is 3.44. The van der Waals surface area contributed by atoms with Crippen LogP contribution in [0.15, 0.2) is 76.3 Å². The van der Waals surface area contributed by atoms with Crippen molar-refractivity contribution in [3.05, 3.63) is 88.2 Å². The number of halogens is 1. The molecule has 8 nitrogen and oxygen atoms in total. The lowest BCUT2D eigenvalue weighted by Crippen LogP contribution is -2.11. The van der Waals surface area contributed by atoms with Crippen LogP contribution in [0.1, 0.15) is 17.0 Å². The summed E-state index contributed by atoms with van der Waals surface area (Å²) in [5.74, 6) is 1.07. The van der Waals surface area contributed by atoms with Crippen LogP contribution >= 0.6 is 15.9 Å². The second-order valence-electron chi connectivity index (χ2n) is 6.91. The predicted octanol–water partition coefficient (Wildman–Crippen LogP) is 5.29. The molecule has 2 heterocycles. The van der Waals surface area contributed by atoms with Gasteiger partial charge in [-0.25, -0.2) is 10.1 Å². The van der Waals surface area contributed by atoms with Gasteiger partial charge < -0.3 is 5.32 Å². The van der Waals surface area contributed by atoms with Crippen LogP contribution in [0.5, 0.6) is 0 Å². The van der Waals surface area contributed by atoms with Gasteiger partial charge in [0.1, 0.15) is 0 Å². The molecular weight excluding hydrogens is 468 g/mol. The minimum absolute atomic E-state index is 0.298. The van der Waals surface area contributed by atoms with E-state index in [0.29, 0.717) is 17.8 Å². The topological polar surface area (TPSA) is 92.9 Å². The molecule has 32 heavy (non-hydrogen) atoms. The van der Waals surface area contributed by atoms with E-state index in [0.717, 1.165) is 27.1 Å². The second kappa shape index (κ2) is 9.97. The van der Waals surface area contributed by atoms with E-state index in [4.69, 9.17) is 0 Å². The van der Waals surface area contributed by atoms with Gasteiger partial charge in [-0.05, 0) is 55.8 Å². The second-order valence-corrected chi connectivity index (χ2v) is 7.83. The highest BCUT2D eigenvalue weighted by molar-refractivity contribution is 9.10. The number of anilines is 3. The third-order valence-corrected chi connectivity index (χ3v) is 4.87. The third-order valence-electron chi connectivity index (χ3n) is 4.34. The van der Waals surface area contributed by atoms with Crippen molar-refractivity contribution in [1.82, 2.24) is 24.7 Å². The number of nitrogens with one attached hydrogen (secondary N) is 2. The fraction of sp³-hybridized carbons (Fsp3) is 0.0870. The Morgan fingerprint density at radius 3 is 2.41 bits per heavy atom. The maximum Gasteiger partial charge on any atom is 0.257 e. The zero-order chi connectivity index (χ0) is 22.3.